The van der Waals surface area contributed by atoms with Gasteiger partial charge in [0.15, 0.2) is 23.0 Å². The van der Waals surface area contributed by atoms with E-state index in [1.807, 2.05) is 0 Å². The average molecular weight is 445 g/mol. The molecule has 0 aliphatic carbocycles. The summed E-state index contributed by atoms with van der Waals surface area (Å²) in [4.78, 5) is 24.5. The van der Waals surface area contributed by atoms with Crippen LogP contribution in [0.4, 0.5) is 0 Å². The summed E-state index contributed by atoms with van der Waals surface area (Å²) in [6, 6.07) is 10.2. The molecule has 174 valence electrons. The van der Waals surface area contributed by atoms with Crippen LogP contribution in [0.15, 0.2) is 36.4 Å². The largest absolute Gasteiger partial charge is 0.493 e. The Labute approximate surface area is 189 Å². The zero-order valence-corrected chi connectivity index (χ0v) is 19.2. The number of carbonyl (C=O) groups is 2. The fourth-order valence-corrected chi connectivity index (χ4v) is 3.17. The number of nitrogens with one attached hydrogen (secondary N) is 2. The van der Waals surface area contributed by atoms with Crippen molar-refractivity contribution in [3.63, 3.8) is 0 Å². The van der Waals surface area contributed by atoms with E-state index in [9.17, 15) is 9.59 Å². The lowest BCUT2D eigenvalue weighted by Gasteiger charge is -2.10. The van der Waals surface area contributed by atoms with Crippen molar-refractivity contribution < 1.29 is 28.5 Å². The molecule has 8 heteroatoms. The molecule has 0 atom stereocenters. The fraction of sp³-hybridized carbons (Fsp3) is 0.417. The minimum Gasteiger partial charge on any atom is -0.493 e. The van der Waals surface area contributed by atoms with Gasteiger partial charge in [0.2, 0.25) is 0 Å². The molecule has 8 nitrogen and oxygen atoms in total. The molecule has 2 aromatic rings. The Bertz CT molecular complexity index is 827. The number of methoxy groups -OCH3 is 4. The summed E-state index contributed by atoms with van der Waals surface area (Å²) >= 11 is 0. The maximum Gasteiger partial charge on any atom is 0.251 e. The van der Waals surface area contributed by atoms with Crippen LogP contribution in [-0.4, -0.2) is 53.3 Å². The van der Waals surface area contributed by atoms with E-state index >= 15 is 0 Å². The summed E-state index contributed by atoms with van der Waals surface area (Å²) in [5, 5.41) is 5.82. The molecule has 2 rings (SSSR count). The van der Waals surface area contributed by atoms with Gasteiger partial charge in [-0.05, 0) is 49.2 Å². The van der Waals surface area contributed by atoms with Crippen molar-refractivity contribution in [1.29, 1.82) is 0 Å². The molecule has 0 heterocycles. The van der Waals surface area contributed by atoms with Gasteiger partial charge in [-0.3, -0.25) is 9.59 Å². The molecule has 0 unspecified atom stereocenters. The Morgan fingerprint density at radius 1 is 0.594 bits per heavy atom. The van der Waals surface area contributed by atoms with Crippen LogP contribution in [-0.2, 0) is 0 Å². The summed E-state index contributed by atoms with van der Waals surface area (Å²) in [5.74, 6) is 1.93. The minimum absolute atomic E-state index is 0.145. The monoisotopic (exact) mass is 444 g/mol. The second-order valence-corrected chi connectivity index (χ2v) is 7.07. The summed E-state index contributed by atoms with van der Waals surface area (Å²) in [6.07, 6.45) is 3.64. The summed E-state index contributed by atoms with van der Waals surface area (Å²) in [7, 11) is 6.18. The van der Waals surface area contributed by atoms with Crippen LogP contribution >= 0.6 is 0 Å². The van der Waals surface area contributed by atoms with Crippen LogP contribution in [0, 0.1) is 0 Å². The van der Waals surface area contributed by atoms with E-state index in [2.05, 4.69) is 10.6 Å². The Morgan fingerprint density at radius 3 is 1.31 bits per heavy atom. The zero-order chi connectivity index (χ0) is 23.3. The van der Waals surface area contributed by atoms with Gasteiger partial charge in [0, 0.05) is 24.2 Å². The van der Waals surface area contributed by atoms with Crippen molar-refractivity contribution in [3.05, 3.63) is 47.5 Å². The summed E-state index contributed by atoms with van der Waals surface area (Å²) < 4.78 is 20.8. The number of hydrogen-bond acceptors (Lipinski definition) is 6. The van der Waals surface area contributed by atoms with Gasteiger partial charge in [-0.15, -0.1) is 0 Å². The standard InChI is InChI=1S/C24H32N2O6/c1-29-19-11-9-17(15-21(19)31-3)23(27)25-13-7-5-6-8-14-26-24(28)18-10-12-20(30-2)22(16-18)32-4/h9-12,15-16H,5-8,13-14H2,1-4H3,(H,25,27)(H,26,28). The molecule has 0 saturated heterocycles. The van der Waals surface area contributed by atoms with E-state index in [-0.39, 0.29) is 11.8 Å². The highest BCUT2D eigenvalue weighted by atomic mass is 16.5. The SMILES string of the molecule is COc1ccc(C(=O)NCCCCCCNC(=O)c2ccc(OC)c(OC)c2)cc1OC. The van der Waals surface area contributed by atoms with E-state index in [4.69, 9.17) is 18.9 Å². The Hall–Kier alpha value is -3.42. The first-order valence-corrected chi connectivity index (χ1v) is 10.5. The molecule has 2 N–H and O–H groups in total. The third-order valence-corrected chi connectivity index (χ3v) is 4.97. The fourth-order valence-electron chi connectivity index (χ4n) is 3.17. The van der Waals surface area contributed by atoms with Crippen molar-refractivity contribution in [2.24, 2.45) is 0 Å². The third-order valence-electron chi connectivity index (χ3n) is 4.97. The number of rotatable bonds is 13. The maximum atomic E-state index is 12.3. The number of unbranched alkanes of at least 4 members (excludes halogenated alkanes) is 3. The summed E-state index contributed by atoms with van der Waals surface area (Å²) in [6.45, 7) is 1.18. The number of ether oxygens (including phenoxy) is 4. The van der Waals surface area contributed by atoms with Gasteiger partial charge in [0.25, 0.3) is 11.8 Å². The molecular formula is C24H32N2O6. The van der Waals surface area contributed by atoms with Crippen LogP contribution in [0.3, 0.4) is 0 Å². The molecule has 2 aromatic carbocycles. The lowest BCUT2D eigenvalue weighted by Crippen LogP contribution is -2.25. The van der Waals surface area contributed by atoms with E-state index < -0.39 is 0 Å². The Balaban J connectivity index is 1.62. The predicted octanol–water partition coefficient (Wildman–Crippen LogP) is 3.44. The molecule has 2 amide bonds. The molecule has 0 bridgehead atoms. The van der Waals surface area contributed by atoms with Gasteiger partial charge in [-0.1, -0.05) is 12.8 Å². The molecular weight excluding hydrogens is 412 g/mol. The van der Waals surface area contributed by atoms with Crippen LogP contribution in [0.2, 0.25) is 0 Å². The van der Waals surface area contributed by atoms with E-state index in [1.54, 1.807) is 50.6 Å². The lowest BCUT2D eigenvalue weighted by atomic mass is 10.1. The Kier molecular flexibility index (Phi) is 10.2. The second kappa shape index (κ2) is 13.1. The molecule has 0 radical (unpaired) electrons. The van der Waals surface area contributed by atoms with Gasteiger partial charge in [-0.2, -0.15) is 0 Å². The molecule has 0 aliphatic rings. The normalized spacial score (nSPS) is 10.2. The van der Waals surface area contributed by atoms with Gasteiger partial charge >= 0.3 is 0 Å². The highest BCUT2D eigenvalue weighted by Crippen LogP contribution is 2.28. The van der Waals surface area contributed by atoms with Crippen LogP contribution < -0.4 is 29.6 Å². The molecule has 0 aromatic heterocycles. The highest BCUT2D eigenvalue weighted by molar-refractivity contribution is 5.95. The molecule has 0 saturated carbocycles. The second-order valence-electron chi connectivity index (χ2n) is 7.07. The smallest absolute Gasteiger partial charge is 0.251 e. The van der Waals surface area contributed by atoms with Gasteiger partial charge in [-0.25, -0.2) is 0 Å². The topological polar surface area (TPSA) is 95.1 Å². The quantitative estimate of drug-likeness (QED) is 0.460. The lowest BCUT2D eigenvalue weighted by molar-refractivity contribution is 0.0943. The van der Waals surface area contributed by atoms with Crippen molar-refractivity contribution in [1.82, 2.24) is 10.6 Å². The average Bonchev–Trinajstić information content (AvgIpc) is 2.84. The third kappa shape index (κ3) is 7.08. The van der Waals surface area contributed by atoms with Crippen molar-refractivity contribution in [3.8, 4) is 23.0 Å². The van der Waals surface area contributed by atoms with E-state index in [1.165, 1.54) is 14.2 Å². The number of carbonyl (C=O) groups excluding carboxylic acids is 2. The van der Waals surface area contributed by atoms with Crippen molar-refractivity contribution in [2.75, 3.05) is 41.5 Å². The summed E-state index contributed by atoms with van der Waals surface area (Å²) in [5.41, 5.74) is 1.06. The van der Waals surface area contributed by atoms with Crippen molar-refractivity contribution >= 4 is 11.8 Å². The maximum absolute atomic E-state index is 12.3. The van der Waals surface area contributed by atoms with Crippen LogP contribution in [0.5, 0.6) is 23.0 Å². The molecule has 0 aliphatic heterocycles. The number of hydrogen-bond donors (Lipinski definition) is 2. The minimum atomic E-state index is -0.145. The van der Waals surface area contributed by atoms with Crippen LogP contribution in [0.25, 0.3) is 0 Å². The first-order chi connectivity index (χ1) is 15.5. The van der Waals surface area contributed by atoms with Gasteiger partial charge in [0.05, 0.1) is 28.4 Å². The van der Waals surface area contributed by atoms with Crippen molar-refractivity contribution in [2.45, 2.75) is 25.7 Å². The first-order valence-electron chi connectivity index (χ1n) is 10.5. The van der Waals surface area contributed by atoms with E-state index in [0.29, 0.717) is 47.2 Å². The first kappa shape index (κ1) is 24.8. The highest BCUT2D eigenvalue weighted by Gasteiger charge is 2.11. The number of amides is 2. The van der Waals surface area contributed by atoms with Gasteiger partial charge in [0.1, 0.15) is 0 Å². The zero-order valence-electron chi connectivity index (χ0n) is 19.2. The van der Waals surface area contributed by atoms with Gasteiger partial charge < -0.3 is 29.6 Å². The predicted molar refractivity (Wildman–Crippen MR) is 122 cm³/mol. The van der Waals surface area contributed by atoms with E-state index in [0.717, 1.165) is 25.7 Å². The molecule has 32 heavy (non-hydrogen) atoms. The number of benzene rings is 2. The molecule has 0 fully saturated rings. The Morgan fingerprint density at radius 2 is 0.969 bits per heavy atom. The van der Waals surface area contributed by atoms with Crippen LogP contribution in [0.1, 0.15) is 46.4 Å². The molecule has 0 spiro atoms.